The van der Waals surface area contributed by atoms with Crippen LogP contribution in [0.3, 0.4) is 0 Å². The van der Waals surface area contributed by atoms with Gasteiger partial charge < -0.3 is 10.6 Å². The van der Waals surface area contributed by atoms with Gasteiger partial charge in [0.15, 0.2) is 0 Å². The highest BCUT2D eigenvalue weighted by molar-refractivity contribution is 6.31. The van der Waals surface area contributed by atoms with Crippen LogP contribution >= 0.6 is 11.6 Å². The number of aromatic nitrogens is 2. The van der Waals surface area contributed by atoms with Gasteiger partial charge in [-0.05, 0) is 55.3 Å². The summed E-state index contributed by atoms with van der Waals surface area (Å²) in [4.78, 5) is 19.0. The van der Waals surface area contributed by atoms with Crippen LogP contribution in [0.4, 0.5) is 33.1 Å². The Labute approximate surface area is 159 Å². The Bertz CT molecular complexity index is 1010. The first-order valence-corrected chi connectivity index (χ1v) is 8.28. The van der Waals surface area contributed by atoms with Crippen molar-refractivity contribution in [3.63, 3.8) is 0 Å². The predicted octanol–water partition coefficient (Wildman–Crippen LogP) is 5.28. The molecule has 1 aromatic heterocycles. The predicted molar refractivity (Wildman–Crippen MR) is 103 cm³/mol. The standard InChI is InChI=1S/C18H15ClFN5O2/c1-10-5-11(2)7-13(6-10)24-18-16(25(26)27)17(21-9-22-18)23-12-3-4-15(20)14(19)8-12/h3-9H,1-2H3,(H2,21,22,23,24). The van der Waals surface area contributed by atoms with Crippen molar-refractivity contribution in [1.82, 2.24) is 9.97 Å². The van der Waals surface area contributed by atoms with Gasteiger partial charge in [-0.25, -0.2) is 14.4 Å². The summed E-state index contributed by atoms with van der Waals surface area (Å²) >= 11 is 5.76. The van der Waals surface area contributed by atoms with Gasteiger partial charge in [0.05, 0.1) is 9.95 Å². The average molecular weight is 388 g/mol. The molecule has 0 atom stereocenters. The first-order chi connectivity index (χ1) is 12.8. The van der Waals surface area contributed by atoms with Gasteiger partial charge in [0.25, 0.3) is 0 Å². The Morgan fingerprint density at radius 1 is 1.00 bits per heavy atom. The van der Waals surface area contributed by atoms with E-state index in [0.29, 0.717) is 11.4 Å². The van der Waals surface area contributed by atoms with Gasteiger partial charge in [-0.1, -0.05) is 17.7 Å². The topological polar surface area (TPSA) is 93.0 Å². The van der Waals surface area contributed by atoms with Crippen LogP contribution in [0.5, 0.6) is 0 Å². The molecular formula is C18H15ClFN5O2. The van der Waals surface area contributed by atoms with Gasteiger partial charge >= 0.3 is 5.69 Å². The van der Waals surface area contributed by atoms with E-state index in [2.05, 4.69) is 20.6 Å². The molecule has 3 aromatic rings. The van der Waals surface area contributed by atoms with Crippen LogP contribution < -0.4 is 10.6 Å². The van der Waals surface area contributed by atoms with E-state index in [1.807, 2.05) is 32.0 Å². The molecule has 0 spiro atoms. The molecule has 7 nitrogen and oxygen atoms in total. The number of aryl methyl sites for hydroxylation is 2. The van der Waals surface area contributed by atoms with Crippen molar-refractivity contribution in [3.8, 4) is 0 Å². The molecule has 0 fully saturated rings. The summed E-state index contributed by atoms with van der Waals surface area (Å²) in [7, 11) is 0. The van der Waals surface area contributed by atoms with Gasteiger partial charge in [0.2, 0.25) is 11.6 Å². The molecule has 2 aromatic carbocycles. The highest BCUT2D eigenvalue weighted by atomic mass is 35.5. The van der Waals surface area contributed by atoms with E-state index < -0.39 is 10.7 Å². The molecule has 0 amide bonds. The lowest BCUT2D eigenvalue weighted by molar-refractivity contribution is -0.383. The van der Waals surface area contributed by atoms with Crippen LogP contribution in [-0.2, 0) is 0 Å². The molecule has 0 saturated heterocycles. The van der Waals surface area contributed by atoms with Crippen molar-refractivity contribution in [2.75, 3.05) is 10.6 Å². The minimum Gasteiger partial charge on any atom is -0.334 e. The molecule has 0 saturated carbocycles. The third kappa shape index (κ3) is 4.29. The van der Waals surface area contributed by atoms with Crippen LogP contribution in [0, 0.1) is 29.8 Å². The highest BCUT2D eigenvalue weighted by Gasteiger charge is 2.23. The molecule has 0 aliphatic carbocycles. The molecule has 9 heteroatoms. The lowest BCUT2D eigenvalue weighted by Gasteiger charge is -2.11. The SMILES string of the molecule is Cc1cc(C)cc(Nc2ncnc(Nc3ccc(F)c(Cl)c3)c2[N+](=O)[O-])c1. The minimum absolute atomic E-state index is 0.0375. The Balaban J connectivity index is 1.99. The largest absolute Gasteiger partial charge is 0.353 e. The number of nitro groups is 1. The van der Waals surface area contributed by atoms with E-state index in [-0.39, 0.29) is 22.3 Å². The smallest absolute Gasteiger partial charge is 0.334 e. The van der Waals surface area contributed by atoms with E-state index in [0.717, 1.165) is 17.2 Å². The maximum Gasteiger partial charge on any atom is 0.353 e. The van der Waals surface area contributed by atoms with Crippen molar-refractivity contribution < 1.29 is 9.31 Å². The maximum atomic E-state index is 13.3. The van der Waals surface area contributed by atoms with Gasteiger partial charge in [0.1, 0.15) is 12.1 Å². The number of hydrogen-bond donors (Lipinski definition) is 2. The second-order valence-electron chi connectivity index (χ2n) is 5.93. The monoisotopic (exact) mass is 387 g/mol. The van der Waals surface area contributed by atoms with Crippen molar-refractivity contribution in [2.45, 2.75) is 13.8 Å². The van der Waals surface area contributed by atoms with E-state index in [9.17, 15) is 14.5 Å². The first kappa shape index (κ1) is 18.5. The summed E-state index contributed by atoms with van der Waals surface area (Å²) in [6, 6.07) is 9.58. The third-order valence-electron chi connectivity index (χ3n) is 3.67. The zero-order valence-electron chi connectivity index (χ0n) is 14.5. The van der Waals surface area contributed by atoms with Crippen molar-refractivity contribution in [1.29, 1.82) is 0 Å². The molecule has 27 heavy (non-hydrogen) atoms. The van der Waals surface area contributed by atoms with Crippen LogP contribution in [0.15, 0.2) is 42.7 Å². The quantitative estimate of drug-likeness (QED) is 0.457. The normalized spacial score (nSPS) is 10.5. The van der Waals surface area contributed by atoms with Crippen LogP contribution in [-0.4, -0.2) is 14.9 Å². The van der Waals surface area contributed by atoms with Crippen LogP contribution in [0.25, 0.3) is 0 Å². The lowest BCUT2D eigenvalue weighted by atomic mass is 10.1. The average Bonchev–Trinajstić information content (AvgIpc) is 2.57. The molecule has 0 aliphatic heterocycles. The number of anilines is 4. The lowest BCUT2D eigenvalue weighted by Crippen LogP contribution is -2.05. The van der Waals surface area contributed by atoms with Crippen LogP contribution in [0.1, 0.15) is 11.1 Å². The molecule has 0 radical (unpaired) electrons. The van der Waals surface area contributed by atoms with Gasteiger partial charge in [-0.15, -0.1) is 0 Å². The summed E-state index contributed by atoms with van der Waals surface area (Å²) in [5, 5.41) is 17.3. The molecule has 1 heterocycles. The van der Waals surface area contributed by atoms with E-state index in [1.54, 1.807) is 0 Å². The number of nitrogens with zero attached hydrogens (tertiary/aromatic N) is 3. The van der Waals surface area contributed by atoms with Crippen molar-refractivity contribution >= 4 is 40.3 Å². The maximum absolute atomic E-state index is 13.3. The highest BCUT2D eigenvalue weighted by Crippen LogP contribution is 2.34. The Hall–Kier alpha value is -3.26. The van der Waals surface area contributed by atoms with Gasteiger partial charge in [-0.3, -0.25) is 10.1 Å². The zero-order valence-corrected chi connectivity index (χ0v) is 15.2. The summed E-state index contributed by atoms with van der Waals surface area (Å²) in [6.45, 7) is 3.86. The summed E-state index contributed by atoms with van der Waals surface area (Å²) in [6.07, 6.45) is 1.20. The molecule has 0 bridgehead atoms. The van der Waals surface area contributed by atoms with Crippen LogP contribution in [0.2, 0.25) is 5.02 Å². The number of hydrogen-bond acceptors (Lipinski definition) is 6. The van der Waals surface area contributed by atoms with E-state index in [4.69, 9.17) is 11.6 Å². The van der Waals surface area contributed by atoms with Gasteiger partial charge in [0, 0.05) is 11.4 Å². The summed E-state index contributed by atoms with van der Waals surface area (Å²) in [5.41, 5.74) is 2.71. The first-order valence-electron chi connectivity index (χ1n) is 7.90. The molecule has 3 rings (SSSR count). The second-order valence-corrected chi connectivity index (χ2v) is 6.34. The van der Waals surface area contributed by atoms with E-state index in [1.165, 1.54) is 18.5 Å². The molecule has 138 valence electrons. The summed E-state index contributed by atoms with van der Waals surface area (Å²) < 4.78 is 13.3. The zero-order chi connectivity index (χ0) is 19.6. The Morgan fingerprint density at radius 3 is 2.15 bits per heavy atom. The van der Waals surface area contributed by atoms with Crippen molar-refractivity contribution in [3.05, 3.63) is 74.8 Å². The molecular weight excluding hydrogens is 373 g/mol. The Morgan fingerprint density at radius 2 is 1.59 bits per heavy atom. The fourth-order valence-corrected chi connectivity index (χ4v) is 2.81. The Kier molecular flexibility index (Phi) is 5.18. The fourth-order valence-electron chi connectivity index (χ4n) is 2.63. The van der Waals surface area contributed by atoms with Crippen molar-refractivity contribution in [2.24, 2.45) is 0 Å². The third-order valence-corrected chi connectivity index (χ3v) is 3.96. The van der Waals surface area contributed by atoms with E-state index >= 15 is 0 Å². The number of benzene rings is 2. The number of nitrogens with one attached hydrogen (secondary N) is 2. The molecule has 0 aliphatic rings. The minimum atomic E-state index is -0.587. The number of rotatable bonds is 5. The fraction of sp³-hybridized carbons (Fsp3) is 0.111. The summed E-state index contributed by atoms with van der Waals surface area (Å²) in [5.74, 6) is -0.586. The van der Waals surface area contributed by atoms with Gasteiger partial charge in [-0.2, -0.15) is 0 Å². The number of halogens is 2. The molecule has 2 N–H and O–H groups in total. The molecule has 0 unspecified atom stereocenters. The second kappa shape index (κ2) is 7.55.